The van der Waals surface area contributed by atoms with Crippen LogP contribution in [-0.4, -0.2) is 31.6 Å². The Hall–Kier alpha value is -2.50. The second-order valence-corrected chi connectivity index (χ2v) is 6.75. The molecule has 5 nitrogen and oxygen atoms in total. The molecule has 1 aliphatic heterocycles. The molecular formula is C20H17Cl2NO4. The fourth-order valence-electron chi connectivity index (χ4n) is 2.57. The fourth-order valence-corrected chi connectivity index (χ4v) is 3.07. The van der Waals surface area contributed by atoms with Crippen LogP contribution >= 0.6 is 23.2 Å². The van der Waals surface area contributed by atoms with Gasteiger partial charge in [-0.25, -0.2) is 4.79 Å². The smallest absolute Gasteiger partial charge is 0.338 e. The van der Waals surface area contributed by atoms with Crippen LogP contribution in [0.1, 0.15) is 11.1 Å². The number of ether oxygens (including phenoxy) is 2. The van der Waals surface area contributed by atoms with Crippen LogP contribution in [0.2, 0.25) is 10.0 Å². The number of rotatable bonds is 6. The minimum absolute atomic E-state index is 0.118. The molecule has 0 saturated heterocycles. The van der Waals surface area contributed by atoms with Gasteiger partial charge in [-0.2, -0.15) is 0 Å². The van der Waals surface area contributed by atoms with Crippen LogP contribution in [-0.2, 0) is 20.7 Å². The number of benzene rings is 2. The molecule has 0 atom stereocenters. The van der Waals surface area contributed by atoms with E-state index in [0.29, 0.717) is 34.3 Å². The average Bonchev–Trinajstić information content (AvgIpc) is 2.67. The van der Waals surface area contributed by atoms with E-state index in [2.05, 4.69) is 5.32 Å². The van der Waals surface area contributed by atoms with Crippen molar-refractivity contribution in [2.45, 2.75) is 6.42 Å². The summed E-state index contributed by atoms with van der Waals surface area (Å²) in [6.07, 6.45) is 2.26. The van der Waals surface area contributed by atoms with Crippen molar-refractivity contribution in [1.29, 1.82) is 0 Å². The van der Waals surface area contributed by atoms with Gasteiger partial charge in [-0.1, -0.05) is 47.5 Å². The van der Waals surface area contributed by atoms with Gasteiger partial charge in [-0.3, -0.25) is 4.79 Å². The zero-order valence-corrected chi connectivity index (χ0v) is 15.8. The van der Waals surface area contributed by atoms with Gasteiger partial charge in [0, 0.05) is 22.2 Å². The fraction of sp³-hybridized carbons (Fsp3) is 0.200. The third kappa shape index (κ3) is 5.25. The van der Waals surface area contributed by atoms with E-state index in [1.807, 2.05) is 30.3 Å². The Labute approximate surface area is 166 Å². The third-order valence-electron chi connectivity index (χ3n) is 3.96. The Morgan fingerprint density at radius 3 is 2.78 bits per heavy atom. The van der Waals surface area contributed by atoms with E-state index in [1.165, 1.54) is 0 Å². The number of hydrogen-bond acceptors (Lipinski definition) is 4. The third-order valence-corrected chi connectivity index (χ3v) is 4.55. The molecule has 0 unspecified atom stereocenters. The summed E-state index contributed by atoms with van der Waals surface area (Å²) in [6.45, 7) is 0.135. The van der Waals surface area contributed by atoms with Crippen molar-refractivity contribution in [3.8, 4) is 5.75 Å². The molecule has 140 valence electrons. The predicted octanol–water partition coefficient (Wildman–Crippen LogP) is 3.67. The first kappa shape index (κ1) is 19.3. The summed E-state index contributed by atoms with van der Waals surface area (Å²) in [7, 11) is 0. The standard InChI is InChI=1S/C20H17Cl2NO4/c21-16-6-5-13(17(22)10-16)7-8-23-19(24)12-27-20(25)15-9-14-3-1-2-4-18(14)26-11-15/h1-6,9-10H,7-8,11-12H2,(H,23,24). The summed E-state index contributed by atoms with van der Waals surface area (Å²) in [5.41, 5.74) is 2.05. The molecule has 0 bridgehead atoms. The molecule has 0 saturated carbocycles. The number of hydrogen-bond donors (Lipinski definition) is 1. The highest BCUT2D eigenvalue weighted by atomic mass is 35.5. The number of fused-ring (bicyclic) bond motifs is 1. The molecule has 0 aromatic heterocycles. The number of esters is 1. The van der Waals surface area contributed by atoms with Gasteiger partial charge in [0.05, 0.1) is 5.57 Å². The maximum Gasteiger partial charge on any atom is 0.338 e. The van der Waals surface area contributed by atoms with E-state index < -0.39 is 5.97 Å². The van der Waals surface area contributed by atoms with Crippen molar-refractivity contribution in [3.05, 3.63) is 69.2 Å². The van der Waals surface area contributed by atoms with Crippen LogP contribution in [0.4, 0.5) is 0 Å². The highest BCUT2D eigenvalue weighted by Gasteiger charge is 2.19. The lowest BCUT2D eigenvalue weighted by atomic mass is 10.1. The van der Waals surface area contributed by atoms with Crippen molar-refractivity contribution < 1.29 is 19.1 Å². The maximum atomic E-state index is 12.1. The van der Waals surface area contributed by atoms with E-state index in [1.54, 1.807) is 18.2 Å². The normalized spacial score (nSPS) is 12.4. The molecule has 2 aromatic rings. The van der Waals surface area contributed by atoms with Gasteiger partial charge in [0.15, 0.2) is 6.61 Å². The molecule has 3 rings (SSSR count). The lowest BCUT2D eigenvalue weighted by Gasteiger charge is -2.16. The van der Waals surface area contributed by atoms with Crippen molar-refractivity contribution in [2.75, 3.05) is 19.8 Å². The Bertz CT molecular complexity index is 895. The van der Waals surface area contributed by atoms with Gasteiger partial charge in [0.25, 0.3) is 5.91 Å². The lowest BCUT2D eigenvalue weighted by Crippen LogP contribution is -2.31. The minimum Gasteiger partial charge on any atom is -0.488 e. The zero-order valence-electron chi connectivity index (χ0n) is 14.3. The number of amides is 1. The molecule has 0 aliphatic carbocycles. The van der Waals surface area contributed by atoms with E-state index >= 15 is 0 Å². The van der Waals surface area contributed by atoms with Crippen LogP contribution in [0.5, 0.6) is 5.75 Å². The molecule has 0 fully saturated rings. The molecule has 27 heavy (non-hydrogen) atoms. The van der Waals surface area contributed by atoms with Gasteiger partial charge in [0.2, 0.25) is 0 Å². The van der Waals surface area contributed by atoms with Crippen LogP contribution in [0, 0.1) is 0 Å². The molecule has 1 amide bonds. The van der Waals surface area contributed by atoms with Crippen LogP contribution in [0.25, 0.3) is 6.08 Å². The number of nitrogens with one attached hydrogen (secondary N) is 1. The Balaban J connectivity index is 1.44. The summed E-state index contributed by atoms with van der Waals surface area (Å²) in [5.74, 6) is -0.237. The van der Waals surface area contributed by atoms with Gasteiger partial charge in [-0.05, 0) is 36.3 Å². The number of halogens is 2. The number of para-hydroxylation sites is 1. The lowest BCUT2D eigenvalue weighted by molar-refractivity contribution is -0.145. The quantitative estimate of drug-likeness (QED) is 0.744. The van der Waals surface area contributed by atoms with Crippen molar-refractivity contribution >= 4 is 41.2 Å². The molecule has 0 radical (unpaired) electrons. The van der Waals surface area contributed by atoms with Crippen molar-refractivity contribution in [2.24, 2.45) is 0 Å². The first-order valence-corrected chi connectivity index (χ1v) is 9.08. The second-order valence-electron chi connectivity index (χ2n) is 5.91. The number of carbonyl (C=O) groups is 2. The average molecular weight is 406 g/mol. The van der Waals surface area contributed by atoms with Crippen LogP contribution in [0.15, 0.2) is 48.0 Å². The molecular weight excluding hydrogens is 389 g/mol. The van der Waals surface area contributed by atoms with E-state index in [4.69, 9.17) is 32.7 Å². The monoisotopic (exact) mass is 405 g/mol. The summed E-state index contributed by atoms with van der Waals surface area (Å²) >= 11 is 11.9. The van der Waals surface area contributed by atoms with Crippen molar-refractivity contribution in [1.82, 2.24) is 5.32 Å². The van der Waals surface area contributed by atoms with Gasteiger partial charge in [-0.15, -0.1) is 0 Å². The van der Waals surface area contributed by atoms with Crippen LogP contribution in [0.3, 0.4) is 0 Å². The highest BCUT2D eigenvalue weighted by Crippen LogP contribution is 2.26. The molecule has 1 N–H and O–H groups in total. The zero-order chi connectivity index (χ0) is 19.2. The summed E-state index contributed by atoms with van der Waals surface area (Å²) < 4.78 is 10.6. The minimum atomic E-state index is -0.569. The highest BCUT2D eigenvalue weighted by molar-refractivity contribution is 6.35. The largest absolute Gasteiger partial charge is 0.488 e. The molecule has 0 spiro atoms. The van der Waals surface area contributed by atoms with Gasteiger partial charge in [0.1, 0.15) is 12.4 Å². The molecule has 7 heteroatoms. The van der Waals surface area contributed by atoms with Gasteiger partial charge >= 0.3 is 5.97 Å². The van der Waals surface area contributed by atoms with E-state index in [9.17, 15) is 9.59 Å². The van der Waals surface area contributed by atoms with Gasteiger partial charge < -0.3 is 14.8 Å². The summed E-state index contributed by atoms with van der Waals surface area (Å²) in [4.78, 5) is 24.0. The number of carbonyl (C=O) groups excluding carboxylic acids is 2. The Kier molecular flexibility index (Phi) is 6.37. The Morgan fingerprint density at radius 1 is 1.15 bits per heavy atom. The predicted molar refractivity (Wildman–Crippen MR) is 104 cm³/mol. The van der Waals surface area contributed by atoms with Crippen molar-refractivity contribution in [3.63, 3.8) is 0 Å². The Morgan fingerprint density at radius 2 is 1.96 bits per heavy atom. The SMILES string of the molecule is O=C(COC(=O)C1=Cc2ccccc2OC1)NCCc1ccc(Cl)cc1Cl. The molecule has 2 aromatic carbocycles. The first-order valence-electron chi connectivity index (χ1n) is 8.33. The molecule has 1 heterocycles. The maximum absolute atomic E-state index is 12.1. The topological polar surface area (TPSA) is 64.6 Å². The second kappa shape index (κ2) is 8.93. The molecule has 1 aliphatic rings. The first-order chi connectivity index (χ1) is 13.0. The van der Waals surface area contributed by atoms with Crippen LogP contribution < -0.4 is 10.1 Å². The van der Waals surface area contributed by atoms with E-state index in [-0.39, 0.29) is 19.1 Å². The summed E-state index contributed by atoms with van der Waals surface area (Å²) in [5, 5.41) is 3.80. The summed E-state index contributed by atoms with van der Waals surface area (Å²) in [6, 6.07) is 12.6. The van der Waals surface area contributed by atoms with E-state index in [0.717, 1.165) is 11.1 Å².